The van der Waals surface area contributed by atoms with E-state index in [0.29, 0.717) is 5.65 Å². The molecule has 2 aromatic heterocycles. The van der Waals surface area contributed by atoms with Gasteiger partial charge < -0.3 is 15.8 Å². The first-order valence-corrected chi connectivity index (χ1v) is 4.02. The SMILES string of the molecule is NC(=O)c1cccc2ncc([N+](=O)[O-])n12. The van der Waals surface area contributed by atoms with E-state index in [9.17, 15) is 14.9 Å². The molecular formula is C8H6N4O3. The number of nitrogens with zero attached hydrogens (tertiary/aromatic N) is 3. The Morgan fingerprint density at radius 1 is 1.53 bits per heavy atom. The maximum atomic E-state index is 11.0. The minimum absolute atomic E-state index is 0.0386. The lowest BCUT2D eigenvalue weighted by atomic mass is 10.3. The number of imidazole rings is 1. The summed E-state index contributed by atoms with van der Waals surface area (Å²) in [5.41, 5.74) is 5.45. The maximum Gasteiger partial charge on any atom is 0.348 e. The third kappa shape index (κ3) is 1.30. The molecule has 76 valence electrons. The molecule has 2 aromatic rings. The molecule has 2 N–H and O–H groups in total. The van der Waals surface area contributed by atoms with Gasteiger partial charge in [-0.15, -0.1) is 0 Å². The van der Waals surface area contributed by atoms with E-state index in [1.54, 1.807) is 12.1 Å². The number of rotatable bonds is 2. The van der Waals surface area contributed by atoms with Crippen LogP contribution in [0.4, 0.5) is 5.82 Å². The average Bonchev–Trinajstić information content (AvgIpc) is 2.60. The minimum Gasteiger partial charge on any atom is -0.362 e. The van der Waals surface area contributed by atoms with Crippen LogP contribution in [-0.4, -0.2) is 20.2 Å². The van der Waals surface area contributed by atoms with Gasteiger partial charge in [-0.3, -0.25) is 4.79 Å². The molecule has 0 aliphatic carbocycles. The summed E-state index contributed by atoms with van der Waals surface area (Å²) in [5.74, 6) is -1.01. The van der Waals surface area contributed by atoms with Gasteiger partial charge in [0.15, 0.2) is 5.69 Å². The molecule has 0 aliphatic heterocycles. The van der Waals surface area contributed by atoms with E-state index in [4.69, 9.17) is 5.73 Å². The van der Waals surface area contributed by atoms with Gasteiger partial charge >= 0.3 is 5.82 Å². The lowest BCUT2D eigenvalue weighted by Gasteiger charge is -1.97. The number of carbonyl (C=O) groups excluding carboxylic acids is 1. The van der Waals surface area contributed by atoms with Crippen LogP contribution in [0.2, 0.25) is 0 Å². The van der Waals surface area contributed by atoms with Crippen LogP contribution in [0.5, 0.6) is 0 Å². The summed E-state index contributed by atoms with van der Waals surface area (Å²) in [5, 5.41) is 10.6. The Morgan fingerprint density at radius 2 is 2.27 bits per heavy atom. The van der Waals surface area contributed by atoms with E-state index >= 15 is 0 Å². The topological polar surface area (TPSA) is 104 Å². The molecule has 1 amide bonds. The monoisotopic (exact) mass is 206 g/mol. The summed E-state index contributed by atoms with van der Waals surface area (Å²) in [7, 11) is 0. The summed E-state index contributed by atoms with van der Waals surface area (Å²) in [6.45, 7) is 0. The molecule has 0 bridgehead atoms. The van der Waals surface area contributed by atoms with Crippen LogP contribution in [0.1, 0.15) is 10.5 Å². The van der Waals surface area contributed by atoms with Crippen molar-refractivity contribution in [1.82, 2.24) is 9.38 Å². The lowest BCUT2D eigenvalue weighted by molar-refractivity contribution is -0.390. The number of pyridine rings is 1. The van der Waals surface area contributed by atoms with Crippen LogP contribution in [0.25, 0.3) is 5.65 Å². The molecule has 0 aromatic carbocycles. The van der Waals surface area contributed by atoms with Crippen molar-refractivity contribution >= 4 is 17.4 Å². The van der Waals surface area contributed by atoms with Crippen molar-refractivity contribution in [2.75, 3.05) is 0 Å². The molecule has 0 aliphatic rings. The summed E-state index contributed by atoms with van der Waals surface area (Å²) in [6, 6.07) is 4.52. The van der Waals surface area contributed by atoms with Crippen molar-refractivity contribution in [3.63, 3.8) is 0 Å². The third-order valence-electron chi connectivity index (χ3n) is 1.95. The molecule has 0 unspecified atom stereocenters. The standard InChI is InChI=1S/C8H6N4O3/c9-8(13)5-2-1-3-6-10-4-7(11(5)6)12(14)15/h1-4H,(H2,9,13). The van der Waals surface area contributed by atoms with E-state index in [2.05, 4.69) is 4.98 Å². The Hall–Kier alpha value is -2.44. The predicted octanol–water partition coefficient (Wildman–Crippen LogP) is 0.341. The van der Waals surface area contributed by atoms with Crippen molar-refractivity contribution in [3.05, 3.63) is 40.2 Å². The van der Waals surface area contributed by atoms with Crippen LogP contribution in [0.3, 0.4) is 0 Å². The largest absolute Gasteiger partial charge is 0.362 e. The van der Waals surface area contributed by atoms with Crippen LogP contribution < -0.4 is 5.73 Å². The van der Waals surface area contributed by atoms with E-state index in [1.807, 2.05) is 0 Å². The second-order valence-electron chi connectivity index (χ2n) is 2.84. The number of carbonyl (C=O) groups is 1. The smallest absolute Gasteiger partial charge is 0.348 e. The molecule has 0 radical (unpaired) electrons. The number of aromatic nitrogens is 2. The fourth-order valence-electron chi connectivity index (χ4n) is 1.34. The zero-order valence-corrected chi connectivity index (χ0v) is 7.45. The van der Waals surface area contributed by atoms with Gasteiger partial charge in [0.25, 0.3) is 5.91 Å². The van der Waals surface area contributed by atoms with Gasteiger partial charge in [0, 0.05) is 6.07 Å². The Kier molecular flexibility index (Phi) is 1.86. The molecule has 7 nitrogen and oxygen atoms in total. The van der Waals surface area contributed by atoms with Crippen LogP contribution in [0.15, 0.2) is 24.4 Å². The zero-order valence-electron chi connectivity index (χ0n) is 7.45. The highest BCUT2D eigenvalue weighted by Gasteiger charge is 2.19. The highest BCUT2D eigenvalue weighted by molar-refractivity contribution is 5.92. The molecule has 0 atom stereocenters. The van der Waals surface area contributed by atoms with E-state index in [-0.39, 0.29) is 11.5 Å². The number of amides is 1. The summed E-state index contributed by atoms with van der Waals surface area (Å²) in [4.78, 5) is 24.9. The van der Waals surface area contributed by atoms with Crippen molar-refractivity contribution < 1.29 is 9.72 Å². The fourth-order valence-corrected chi connectivity index (χ4v) is 1.34. The van der Waals surface area contributed by atoms with Gasteiger partial charge in [0.2, 0.25) is 5.65 Å². The van der Waals surface area contributed by atoms with Gasteiger partial charge in [-0.2, -0.15) is 4.40 Å². The first-order valence-electron chi connectivity index (χ1n) is 4.02. The van der Waals surface area contributed by atoms with Crippen molar-refractivity contribution in [2.24, 2.45) is 5.73 Å². The molecule has 15 heavy (non-hydrogen) atoms. The van der Waals surface area contributed by atoms with Gasteiger partial charge in [-0.25, -0.2) is 4.98 Å². The number of primary amides is 1. The predicted molar refractivity (Wildman–Crippen MR) is 50.4 cm³/mol. The van der Waals surface area contributed by atoms with Crippen LogP contribution in [-0.2, 0) is 0 Å². The van der Waals surface area contributed by atoms with E-state index in [0.717, 1.165) is 10.6 Å². The molecule has 0 saturated carbocycles. The Labute approximate surface area is 83.3 Å². The minimum atomic E-state index is -0.735. The summed E-state index contributed by atoms with van der Waals surface area (Å²) >= 11 is 0. The van der Waals surface area contributed by atoms with E-state index < -0.39 is 10.8 Å². The number of nitro groups is 1. The number of fused-ring (bicyclic) bond motifs is 1. The molecule has 0 fully saturated rings. The van der Waals surface area contributed by atoms with Gasteiger partial charge in [-0.05, 0) is 11.0 Å². The normalized spacial score (nSPS) is 10.4. The number of nitrogens with two attached hydrogens (primary N) is 1. The summed E-state index contributed by atoms with van der Waals surface area (Å²) in [6.07, 6.45) is 1.09. The van der Waals surface area contributed by atoms with Gasteiger partial charge in [0.05, 0.1) is 0 Å². The summed E-state index contributed by atoms with van der Waals surface area (Å²) < 4.78 is 1.11. The van der Waals surface area contributed by atoms with Gasteiger partial charge in [0.1, 0.15) is 6.20 Å². The fraction of sp³-hybridized carbons (Fsp3) is 0. The van der Waals surface area contributed by atoms with Crippen LogP contribution >= 0.6 is 0 Å². The third-order valence-corrected chi connectivity index (χ3v) is 1.95. The van der Waals surface area contributed by atoms with Crippen molar-refractivity contribution in [2.45, 2.75) is 0 Å². The second-order valence-corrected chi connectivity index (χ2v) is 2.84. The Bertz CT molecular complexity index is 560. The van der Waals surface area contributed by atoms with Gasteiger partial charge in [-0.1, -0.05) is 6.07 Å². The molecule has 0 spiro atoms. The second kappa shape index (κ2) is 3.05. The molecule has 0 saturated heterocycles. The maximum absolute atomic E-state index is 11.0. The molecule has 7 heteroatoms. The lowest BCUT2D eigenvalue weighted by Crippen LogP contribution is -2.16. The Morgan fingerprint density at radius 3 is 2.87 bits per heavy atom. The molecule has 2 heterocycles. The average molecular weight is 206 g/mol. The molecule has 2 rings (SSSR count). The van der Waals surface area contributed by atoms with Crippen molar-refractivity contribution in [1.29, 1.82) is 0 Å². The van der Waals surface area contributed by atoms with Crippen molar-refractivity contribution in [3.8, 4) is 0 Å². The first kappa shape index (κ1) is 9.13. The molecular weight excluding hydrogens is 200 g/mol. The highest BCUT2D eigenvalue weighted by Crippen LogP contribution is 2.16. The quantitative estimate of drug-likeness (QED) is 0.565. The Balaban J connectivity index is 2.86. The number of hydrogen-bond donors (Lipinski definition) is 1. The highest BCUT2D eigenvalue weighted by atomic mass is 16.6. The zero-order chi connectivity index (χ0) is 11.0. The van der Waals surface area contributed by atoms with E-state index in [1.165, 1.54) is 6.07 Å². The van der Waals surface area contributed by atoms with Crippen LogP contribution in [0, 0.1) is 10.1 Å². The number of hydrogen-bond acceptors (Lipinski definition) is 4. The first-order chi connectivity index (χ1) is 7.11.